The molecule has 0 fully saturated rings. The van der Waals surface area contributed by atoms with Crippen LogP contribution in [0.2, 0.25) is 10.0 Å². The minimum Gasteiger partial charge on any atom is -0.477 e. The van der Waals surface area contributed by atoms with E-state index in [-0.39, 0.29) is 10.0 Å². The molecule has 12 heteroatoms. The highest BCUT2D eigenvalue weighted by Crippen LogP contribution is 2.49. The Hall–Kier alpha value is -0.710. The lowest BCUT2D eigenvalue weighted by atomic mass is 10.2. The highest BCUT2D eigenvalue weighted by Gasteiger charge is 2.39. The van der Waals surface area contributed by atoms with Gasteiger partial charge in [0.05, 0.1) is 10.0 Å². The van der Waals surface area contributed by atoms with Gasteiger partial charge in [-0.05, 0) is 41.2 Å². The van der Waals surface area contributed by atoms with Crippen molar-refractivity contribution < 1.29 is 36.2 Å². The lowest BCUT2D eigenvalue weighted by molar-refractivity contribution is -0.131. The predicted molar refractivity (Wildman–Crippen MR) is 78.3 cm³/mol. The van der Waals surface area contributed by atoms with Gasteiger partial charge in [-0.2, -0.15) is 26.3 Å². The third-order valence-electron chi connectivity index (χ3n) is 2.02. The Kier molecular flexibility index (Phi) is 6.59. The molecule has 0 aromatic heterocycles. The summed E-state index contributed by atoms with van der Waals surface area (Å²) in [6, 6.07) is 2.86. The Morgan fingerprint density at radius 3 is 1.87 bits per heavy atom. The maximum absolute atomic E-state index is 12.6. The summed E-state index contributed by atoms with van der Waals surface area (Å²) in [5.41, 5.74) is -10.5. The Morgan fingerprint density at radius 1 is 0.957 bits per heavy atom. The van der Waals surface area contributed by atoms with Crippen LogP contribution in [0.4, 0.5) is 26.3 Å². The zero-order valence-electron chi connectivity index (χ0n) is 10.4. The first-order chi connectivity index (χ1) is 10.3. The van der Waals surface area contributed by atoms with Crippen LogP contribution in [-0.2, 0) is 4.79 Å². The van der Waals surface area contributed by atoms with E-state index < -0.39 is 55.9 Å². The second-order valence-corrected chi connectivity index (χ2v) is 6.65. The lowest BCUT2D eigenvalue weighted by Gasteiger charge is -2.15. The average molecular weight is 417 g/mol. The number of hydrogen-bond acceptors (Lipinski definition) is 3. The van der Waals surface area contributed by atoms with Gasteiger partial charge >= 0.3 is 17.0 Å². The van der Waals surface area contributed by atoms with E-state index in [0.29, 0.717) is 0 Å². The van der Waals surface area contributed by atoms with E-state index in [2.05, 4.69) is 0 Å². The van der Waals surface area contributed by atoms with Crippen LogP contribution < -0.4 is 0 Å². The molecule has 1 aromatic rings. The van der Waals surface area contributed by atoms with E-state index in [1.807, 2.05) is 0 Å². The lowest BCUT2D eigenvalue weighted by Crippen LogP contribution is -2.10. The van der Waals surface area contributed by atoms with Crippen LogP contribution in [-0.4, -0.2) is 22.1 Å². The highest BCUT2D eigenvalue weighted by molar-refractivity contribution is 8.12. The van der Waals surface area contributed by atoms with Crippen molar-refractivity contribution in [2.75, 3.05) is 0 Å². The second-order valence-electron chi connectivity index (χ2n) is 3.69. The zero-order valence-corrected chi connectivity index (χ0v) is 13.6. The fourth-order valence-electron chi connectivity index (χ4n) is 1.29. The van der Waals surface area contributed by atoms with Gasteiger partial charge in [0.25, 0.3) is 0 Å². The summed E-state index contributed by atoms with van der Waals surface area (Å²) < 4.78 is 75.2. The molecule has 0 saturated carbocycles. The third-order valence-corrected chi connectivity index (χ3v) is 4.58. The Balaban J connectivity index is 3.56. The number of alkyl halides is 6. The summed E-state index contributed by atoms with van der Waals surface area (Å²) >= 11 is 9.08. The van der Waals surface area contributed by atoms with Gasteiger partial charge in [0.1, 0.15) is 4.91 Å². The summed E-state index contributed by atoms with van der Waals surface area (Å²) in [6.07, 6.45) is 0. The molecule has 1 aromatic carbocycles. The van der Waals surface area contributed by atoms with E-state index in [9.17, 15) is 31.1 Å². The molecule has 0 radical (unpaired) electrons. The van der Waals surface area contributed by atoms with Crippen LogP contribution in [0.15, 0.2) is 23.1 Å². The number of benzene rings is 1. The molecule has 0 aliphatic rings. The molecule has 0 aliphatic carbocycles. The standard InChI is InChI=1S/C11H4Cl2F6O2S2/c12-5-2-1-4(3-6(5)13)7(22-10(14,15)16)8(9(20)21)23-11(17,18)19/h1-3H,(H,20,21)/b8-7-. The third kappa shape index (κ3) is 6.74. The van der Waals surface area contributed by atoms with Crippen molar-refractivity contribution in [3.8, 4) is 0 Å². The minimum atomic E-state index is -5.08. The molecule has 0 heterocycles. The van der Waals surface area contributed by atoms with E-state index in [1.165, 1.54) is 0 Å². The molecule has 0 unspecified atom stereocenters. The number of carboxylic acid groups (broad SMARTS) is 1. The summed E-state index contributed by atoms with van der Waals surface area (Å²) in [5.74, 6) is -2.15. The molecular formula is C11H4Cl2F6O2S2. The number of halogens is 8. The largest absolute Gasteiger partial charge is 0.477 e. The maximum Gasteiger partial charge on any atom is 0.446 e. The minimum absolute atomic E-state index is 0.0490. The van der Waals surface area contributed by atoms with Gasteiger partial charge in [-0.25, -0.2) is 4.79 Å². The Morgan fingerprint density at radius 2 is 1.48 bits per heavy atom. The number of carbonyl (C=O) groups is 1. The first-order valence-corrected chi connectivity index (χ1v) is 7.63. The van der Waals surface area contributed by atoms with Crippen LogP contribution in [0, 0.1) is 0 Å². The second kappa shape index (κ2) is 7.45. The molecule has 0 amide bonds. The molecule has 0 atom stereocenters. The van der Waals surface area contributed by atoms with Crippen molar-refractivity contribution in [1.82, 2.24) is 0 Å². The summed E-state index contributed by atoms with van der Waals surface area (Å²) in [7, 11) is 0. The van der Waals surface area contributed by atoms with Crippen molar-refractivity contribution >= 4 is 57.6 Å². The molecule has 128 valence electrons. The molecule has 1 N–H and O–H groups in total. The van der Waals surface area contributed by atoms with E-state index in [4.69, 9.17) is 28.3 Å². The highest BCUT2D eigenvalue weighted by atomic mass is 35.5. The fourth-order valence-corrected chi connectivity index (χ4v) is 3.03. The van der Waals surface area contributed by atoms with Gasteiger partial charge in [0.2, 0.25) is 0 Å². The number of thioether (sulfide) groups is 2. The summed E-state index contributed by atoms with van der Waals surface area (Å²) in [4.78, 5) is 8.36. The van der Waals surface area contributed by atoms with Gasteiger partial charge in [-0.3, -0.25) is 0 Å². The fraction of sp³-hybridized carbons (Fsp3) is 0.182. The van der Waals surface area contributed by atoms with E-state index in [1.54, 1.807) is 0 Å². The van der Waals surface area contributed by atoms with Crippen LogP contribution in [0.5, 0.6) is 0 Å². The average Bonchev–Trinajstić information content (AvgIpc) is 2.34. The van der Waals surface area contributed by atoms with Gasteiger partial charge in [0, 0.05) is 4.91 Å². The topological polar surface area (TPSA) is 37.3 Å². The Labute approximate surface area is 143 Å². The van der Waals surface area contributed by atoms with Crippen LogP contribution in [0.3, 0.4) is 0 Å². The molecule has 0 aliphatic heterocycles. The van der Waals surface area contributed by atoms with E-state index >= 15 is 0 Å². The molecule has 0 saturated heterocycles. The first kappa shape index (κ1) is 20.3. The molecule has 1 rings (SSSR count). The van der Waals surface area contributed by atoms with Crippen LogP contribution in [0.1, 0.15) is 5.56 Å². The number of hydrogen-bond donors (Lipinski definition) is 1. The molecular weight excluding hydrogens is 413 g/mol. The smallest absolute Gasteiger partial charge is 0.446 e. The molecule has 0 bridgehead atoms. The monoisotopic (exact) mass is 416 g/mol. The predicted octanol–water partition coefficient (Wildman–Crippen LogP) is 6.25. The SMILES string of the molecule is O=C(O)/C(SC(F)(F)F)=C(/SC(F)(F)F)c1ccc(Cl)c(Cl)c1. The number of rotatable bonds is 4. The van der Waals surface area contributed by atoms with Crippen LogP contribution in [0.25, 0.3) is 4.91 Å². The van der Waals surface area contributed by atoms with Gasteiger partial charge in [-0.15, -0.1) is 0 Å². The van der Waals surface area contributed by atoms with Crippen molar-refractivity contribution in [2.45, 2.75) is 11.0 Å². The van der Waals surface area contributed by atoms with Gasteiger partial charge in [-0.1, -0.05) is 29.3 Å². The number of carboxylic acids is 1. The molecule has 23 heavy (non-hydrogen) atoms. The molecule has 2 nitrogen and oxygen atoms in total. The zero-order chi connectivity index (χ0) is 18.0. The quantitative estimate of drug-likeness (QED) is 0.464. The normalized spacial score (nSPS) is 13.7. The van der Waals surface area contributed by atoms with Crippen LogP contribution >= 0.6 is 46.7 Å². The maximum atomic E-state index is 12.6. The Bertz CT molecular complexity index is 642. The number of aliphatic carboxylic acids is 1. The van der Waals surface area contributed by atoms with Crippen molar-refractivity contribution in [1.29, 1.82) is 0 Å². The van der Waals surface area contributed by atoms with Crippen molar-refractivity contribution in [2.24, 2.45) is 0 Å². The van der Waals surface area contributed by atoms with E-state index in [0.717, 1.165) is 18.2 Å². The first-order valence-electron chi connectivity index (χ1n) is 5.24. The van der Waals surface area contributed by atoms with Crippen molar-refractivity contribution in [3.63, 3.8) is 0 Å². The summed E-state index contributed by atoms with van der Waals surface area (Å²) in [5, 5.41) is 8.59. The molecule has 0 spiro atoms. The van der Waals surface area contributed by atoms with Crippen molar-refractivity contribution in [3.05, 3.63) is 38.7 Å². The van der Waals surface area contributed by atoms with Gasteiger partial charge < -0.3 is 5.11 Å². The van der Waals surface area contributed by atoms with Gasteiger partial charge in [0.15, 0.2) is 0 Å². The summed E-state index contributed by atoms with van der Waals surface area (Å²) in [6.45, 7) is 0.